The van der Waals surface area contributed by atoms with Gasteiger partial charge >= 0.3 is 0 Å². The number of hydrogen-bond acceptors (Lipinski definition) is 0. The first-order valence-corrected chi connectivity index (χ1v) is 33.1. The molecule has 29 aliphatic carbocycles. The molecule has 0 heterocycles. The second-order valence-corrected chi connectivity index (χ2v) is 33.4. The van der Waals surface area contributed by atoms with E-state index in [0.29, 0.717) is 0 Å². The van der Waals surface area contributed by atoms with E-state index in [2.05, 4.69) is 0 Å². The van der Waals surface area contributed by atoms with Crippen LogP contribution in [0.5, 0.6) is 0 Å². The minimum absolute atomic E-state index is 0.906. The SMILES string of the molecule is C12C3C4C1C1C2C3C41.C1C2C3CC4C5CC3C1C5C24.C1C2CC3C1C3C2.C1C2CC3CC1CC(C2)C3.C1C2CC3CC1CC3C2.C1CC2CC3CCCC3(C1)C2.C1CCC2C3CCC2C(C1)C3. The van der Waals surface area contributed by atoms with Gasteiger partial charge in [-0.2, -0.15) is 0 Å². The zero-order valence-corrected chi connectivity index (χ0v) is 42.8. The topological polar surface area (TPSA) is 0 Å². The fourth-order valence-electron chi connectivity index (χ4n) is 30.9. The summed E-state index contributed by atoms with van der Waals surface area (Å²) in [6.45, 7) is 0. The lowest BCUT2D eigenvalue weighted by Gasteiger charge is -3.03. The Bertz CT molecular complexity index is 1710. The number of hydrogen-bond donors (Lipinski definition) is 0. The van der Waals surface area contributed by atoms with Crippen LogP contribution in [0, 0.1) is 207 Å². The van der Waals surface area contributed by atoms with Crippen molar-refractivity contribution in [2.45, 2.75) is 205 Å². The molecule has 29 rings (SSSR count). The molecule has 0 aromatic rings. The molecule has 0 N–H and O–H groups in total. The summed E-state index contributed by atoms with van der Waals surface area (Å²) in [5.41, 5.74) is 0.906. The molecule has 1 spiro atoms. The van der Waals surface area contributed by atoms with E-state index in [0.717, 1.165) is 11.3 Å². The molecule has 15 unspecified atom stereocenters. The number of fused-ring (bicyclic) bond motifs is 3. The monoisotopic (exact) mass is 903 g/mol. The molecule has 67 heavy (non-hydrogen) atoms. The molecular formula is C67H98. The summed E-state index contributed by atoms with van der Waals surface area (Å²) in [6.07, 6.45) is 51.3. The maximum atomic E-state index is 1.68. The largest absolute Gasteiger partial charge is 0.0530 e. The lowest BCUT2D eigenvalue weighted by Crippen LogP contribution is -3.00. The summed E-state index contributed by atoms with van der Waals surface area (Å²) < 4.78 is 0. The van der Waals surface area contributed by atoms with E-state index < -0.39 is 0 Å². The molecule has 20 bridgehead atoms. The first kappa shape index (κ1) is 40.4. The third kappa shape index (κ3) is 5.44. The van der Waals surface area contributed by atoms with Crippen molar-refractivity contribution in [3.05, 3.63) is 0 Å². The van der Waals surface area contributed by atoms with Crippen LogP contribution >= 0.6 is 0 Å². The van der Waals surface area contributed by atoms with Gasteiger partial charge in [0.25, 0.3) is 0 Å². The van der Waals surface area contributed by atoms with Crippen LogP contribution in [0.15, 0.2) is 0 Å². The van der Waals surface area contributed by atoms with Crippen LogP contribution in [0.4, 0.5) is 0 Å². The average Bonchev–Trinajstić information content (AvgIpc) is 4.21. The first-order valence-electron chi connectivity index (χ1n) is 33.1. The Morgan fingerprint density at radius 1 is 0.209 bits per heavy atom. The van der Waals surface area contributed by atoms with Gasteiger partial charge in [-0.15, -0.1) is 0 Å². The lowest BCUT2D eigenvalue weighted by atomic mass is 9.01. The Morgan fingerprint density at radius 2 is 0.612 bits per heavy atom. The molecule has 0 aromatic heterocycles. The maximum Gasteiger partial charge on any atom is -0.0266 e. The third-order valence-corrected chi connectivity index (χ3v) is 32.1. The molecule has 29 fully saturated rings. The van der Waals surface area contributed by atoms with Crippen molar-refractivity contribution in [2.75, 3.05) is 0 Å². The first-order chi connectivity index (χ1) is 33.1. The Morgan fingerprint density at radius 3 is 1.10 bits per heavy atom. The van der Waals surface area contributed by atoms with Gasteiger partial charge in [0.1, 0.15) is 0 Å². The Kier molecular flexibility index (Phi) is 8.58. The van der Waals surface area contributed by atoms with Crippen molar-refractivity contribution in [2.24, 2.45) is 207 Å². The molecule has 0 saturated heterocycles. The molecule has 0 heteroatoms. The van der Waals surface area contributed by atoms with E-state index in [-0.39, 0.29) is 0 Å². The summed E-state index contributed by atoms with van der Waals surface area (Å²) >= 11 is 0. The van der Waals surface area contributed by atoms with Crippen molar-refractivity contribution >= 4 is 0 Å². The average molecular weight is 904 g/mol. The van der Waals surface area contributed by atoms with Crippen molar-refractivity contribution in [3.63, 3.8) is 0 Å². The minimum atomic E-state index is 0.906. The highest BCUT2D eigenvalue weighted by Crippen LogP contribution is 3.01. The highest BCUT2D eigenvalue weighted by atomic mass is 15.0. The van der Waals surface area contributed by atoms with Crippen LogP contribution in [0.25, 0.3) is 0 Å². The van der Waals surface area contributed by atoms with E-state index >= 15 is 0 Å². The zero-order valence-electron chi connectivity index (χ0n) is 42.8. The van der Waals surface area contributed by atoms with E-state index in [1.807, 2.05) is 0 Å². The number of rotatable bonds is 0. The van der Waals surface area contributed by atoms with E-state index in [4.69, 9.17) is 0 Å². The van der Waals surface area contributed by atoms with Crippen LogP contribution in [0.1, 0.15) is 205 Å². The highest BCUT2D eigenvalue weighted by molar-refractivity contribution is 5.44. The van der Waals surface area contributed by atoms with Gasteiger partial charge in [-0.1, -0.05) is 38.5 Å². The second kappa shape index (κ2) is 14.2. The van der Waals surface area contributed by atoms with Gasteiger partial charge < -0.3 is 0 Å². The molecule has 0 aliphatic heterocycles. The van der Waals surface area contributed by atoms with Gasteiger partial charge in [0.2, 0.25) is 0 Å². The van der Waals surface area contributed by atoms with Crippen LogP contribution in [0.2, 0.25) is 0 Å². The Hall–Kier alpha value is 0. The molecule has 29 aliphatic rings. The van der Waals surface area contributed by atoms with Crippen molar-refractivity contribution < 1.29 is 0 Å². The van der Waals surface area contributed by atoms with Crippen LogP contribution in [-0.2, 0) is 0 Å². The quantitative estimate of drug-likeness (QED) is 0.227. The predicted octanol–water partition coefficient (Wildman–Crippen LogP) is 16.7. The molecule has 0 radical (unpaired) electrons. The van der Waals surface area contributed by atoms with Gasteiger partial charge in [0.05, 0.1) is 0 Å². The molecule has 15 atom stereocenters. The minimum Gasteiger partial charge on any atom is -0.0530 e. The van der Waals surface area contributed by atoms with Gasteiger partial charge in [-0.05, 0) is 374 Å². The fourth-order valence-corrected chi connectivity index (χ4v) is 30.9. The summed E-state index contributed by atoms with van der Waals surface area (Å²) in [6, 6.07) is 0. The summed E-state index contributed by atoms with van der Waals surface area (Å²) in [4.78, 5) is 0. The summed E-state index contributed by atoms with van der Waals surface area (Å²) in [7, 11) is 0. The van der Waals surface area contributed by atoms with Gasteiger partial charge in [0.15, 0.2) is 0 Å². The zero-order chi connectivity index (χ0) is 42.8. The lowest BCUT2D eigenvalue weighted by molar-refractivity contribution is -0.565. The summed E-state index contributed by atoms with van der Waals surface area (Å²) in [5.74, 6) is 42.4. The van der Waals surface area contributed by atoms with Crippen LogP contribution in [-0.4, -0.2) is 0 Å². The van der Waals surface area contributed by atoms with Gasteiger partial charge in [-0.3, -0.25) is 0 Å². The van der Waals surface area contributed by atoms with E-state index in [1.165, 1.54) is 195 Å². The predicted molar refractivity (Wildman–Crippen MR) is 269 cm³/mol. The van der Waals surface area contributed by atoms with Gasteiger partial charge in [0, 0.05) is 0 Å². The fraction of sp³-hybridized carbons (Fsp3) is 1.00. The molecule has 0 aromatic carbocycles. The van der Waals surface area contributed by atoms with Crippen molar-refractivity contribution in [1.82, 2.24) is 0 Å². The van der Waals surface area contributed by atoms with Crippen LogP contribution in [0.3, 0.4) is 0 Å². The summed E-state index contributed by atoms with van der Waals surface area (Å²) in [5, 5.41) is 0. The third-order valence-electron chi connectivity index (χ3n) is 32.1. The molecule has 366 valence electrons. The highest BCUT2D eigenvalue weighted by Gasteiger charge is 2.97. The normalized spacial score (nSPS) is 69.1. The Labute approximate surface area is 410 Å². The van der Waals surface area contributed by atoms with Crippen molar-refractivity contribution in [1.29, 1.82) is 0 Å². The standard InChI is InChI=1S/C11H14.2C11H18.C10H16.C9H14.C8H8.C7H10/c1-4-5-2-9-8(1)10-6(4)3-7(5)11(9)10;1-3-9-7-10-4-2-6-11(10,5-1)8-9;1-2-4-10-9-5-6-11(10)8(3-1)7-9;1-7-2-9-4-8(1)5-10(3-7)6-9;1-6-2-8-4-7(1)5-9(8)3-6;1-2-5-3(1)7-4(1)6(2)8(5)7;1-4-2-6-5(1)7(6)3-4/h4-11H,1-3H2;9-10H,1-8H2;8-11H,1-7H2;7-10H,1-6H2;6-9H,1-5H2;1-8H;4-7H,1-3H2. The molecule has 0 amide bonds. The van der Waals surface area contributed by atoms with Gasteiger partial charge in [-0.25, -0.2) is 0 Å². The van der Waals surface area contributed by atoms with Crippen molar-refractivity contribution in [3.8, 4) is 0 Å². The second-order valence-electron chi connectivity index (χ2n) is 33.4. The molecule has 29 saturated carbocycles. The maximum absolute atomic E-state index is 1.68. The van der Waals surface area contributed by atoms with E-state index in [1.54, 1.807) is 205 Å². The smallest absolute Gasteiger partial charge is 0.0266 e. The van der Waals surface area contributed by atoms with Crippen LogP contribution < -0.4 is 0 Å². The van der Waals surface area contributed by atoms with E-state index in [9.17, 15) is 0 Å². The molecular weight excluding hydrogens is 805 g/mol. The Balaban J connectivity index is 0.0000000631. The molecule has 0 nitrogen and oxygen atoms in total.